The minimum absolute atomic E-state index is 0.0165. The van der Waals surface area contributed by atoms with Crippen molar-refractivity contribution in [1.82, 2.24) is 14.5 Å². The Balaban J connectivity index is 2.69. The first-order valence-electron chi connectivity index (χ1n) is 5.08. The van der Waals surface area contributed by atoms with E-state index in [9.17, 15) is 9.59 Å². The monoisotopic (exact) mass is 245 g/mol. The molecule has 2 aromatic rings. The molecule has 2 aromatic heterocycles. The Morgan fingerprint density at radius 2 is 2.11 bits per heavy atom. The lowest BCUT2D eigenvalue weighted by molar-refractivity contribution is 0.0996. The summed E-state index contributed by atoms with van der Waals surface area (Å²) >= 11 is 0. The molecule has 0 aliphatic carbocycles. The maximum atomic E-state index is 11.3. The lowest BCUT2D eigenvalue weighted by atomic mass is 10.1. The molecule has 0 saturated carbocycles. The van der Waals surface area contributed by atoms with Crippen LogP contribution in [0.1, 0.15) is 10.5 Å². The van der Waals surface area contributed by atoms with Crippen LogP contribution in [0, 0.1) is 0 Å². The molecule has 92 valence electrons. The fourth-order valence-corrected chi connectivity index (χ4v) is 1.52. The summed E-state index contributed by atoms with van der Waals surface area (Å²) in [7, 11) is 1.59. The van der Waals surface area contributed by atoms with E-state index < -0.39 is 5.91 Å². The Morgan fingerprint density at radius 1 is 1.39 bits per heavy atom. The molecule has 0 bridgehead atoms. The first-order chi connectivity index (χ1) is 8.49. The highest BCUT2D eigenvalue weighted by atomic mass is 16.1. The van der Waals surface area contributed by atoms with Crippen LogP contribution in [-0.4, -0.2) is 20.4 Å². The minimum Gasteiger partial charge on any atom is -0.382 e. The number of carbonyl (C=O) groups is 1. The van der Waals surface area contributed by atoms with Crippen LogP contribution in [0.5, 0.6) is 0 Å². The number of primary amides is 1. The Bertz CT molecular complexity index is 677. The summed E-state index contributed by atoms with van der Waals surface area (Å²) in [5.41, 5.74) is 11.4. The largest absolute Gasteiger partial charge is 0.382 e. The Kier molecular flexibility index (Phi) is 2.80. The van der Waals surface area contributed by atoms with Crippen LogP contribution < -0.4 is 17.0 Å². The van der Waals surface area contributed by atoms with E-state index in [0.29, 0.717) is 5.56 Å². The zero-order valence-electron chi connectivity index (χ0n) is 9.62. The van der Waals surface area contributed by atoms with E-state index in [1.165, 1.54) is 29.1 Å². The molecule has 0 radical (unpaired) electrons. The molecule has 0 unspecified atom stereocenters. The zero-order chi connectivity index (χ0) is 13.3. The number of anilines is 1. The van der Waals surface area contributed by atoms with Crippen molar-refractivity contribution in [3.8, 4) is 11.3 Å². The van der Waals surface area contributed by atoms with Crippen LogP contribution in [0.3, 0.4) is 0 Å². The van der Waals surface area contributed by atoms with Crippen molar-refractivity contribution in [2.24, 2.45) is 12.8 Å². The molecule has 0 aliphatic rings. The number of amides is 1. The molecule has 0 spiro atoms. The van der Waals surface area contributed by atoms with Crippen LogP contribution in [0.25, 0.3) is 11.3 Å². The summed E-state index contributed by atoms with van der Waals surface area (Å²) < 4.78 is 1.37. The molecule has 4 N–H and O–H groups in total. The van der Waals surface area contributed by atoms with Crippen LogP contribution in [0.2, 0.25) is 0 Å². The van der Waals surface area contributed by atoms with Gasteiger partial charge in [0, 0.05) is 24.9 Å². The van der Waals surface area contributed by atoms with Crippen LogP contribution in [-0.2, 0) is 7.05 Å². The molecule has 0 fully saturated rings. The smallest absolute Gasteiger partial charge is 0.269 e. The Morgan fingerprint density at radius 3 is 2.72 bits per heavy atom. The fraction of sp³-hybridized carbons (Fsp3) is 0.0909. The number of hydrogen-bond donors (Lipinski definition) is 2. The maximum absolute atomic E-state index is 11.3. The highest BCUT2D eigenvalue weighted by Gasteiger charge is 2.14. The lowest BCUT2D eigenvalue weighted by Crippen LogP contribution is -2.18. The van der Waals surface area contributed by atoms with E-state index in [2.05, 4.69) is 9.97 Å². The van der Waals surface area contributed by atoms with Gasteiger partial charge >= 0.3 is 0 Å². The van der Waals surface area contributed by atoms with E-state index in [1.54, 1.807) is 7.05 Å². The van der Waals surface area contributed by atoms with E-state index >= 15 is 0 Å². The maximum Gasteiger partial charge on any atom is 0.269 e. The van der Waals surface area contributed by atoms with Gasteiger partial charge in [-0.15, -0.1) is 0 Å². The van der Waals surface area contributed by atoms with E-state index in [0.717, 1.165) is 0 Å². The van der Waals surface area contributed by atoms with E-state index in [-0.39, 0.29) is 22.8 Å². The number of nitrogens with two attached hydrogens (primary N) is 2. The van der Waals surface area contributed by atoms with Gasteiger partial charge in [0.15, 0.2) is 5.69 Å². The normalized spacial score (nSPS) is 10.3. The van der Waals surface area contributed by atoms with Gasteiger partial charge in [0.2, 0.25) is 5.56 Å². The molecule has 0 saturated heterocycles. The third-order valence-corrected chi connectivity index (χ3v) is 2.38. The number of rotatable bonds is 2. The van der Waals surface area contributed by atoms with E-state index in [1.807, 2.05) is 0 Å². The third kappa shape index (κ3) is 2.05. The molecule has 0 aromatic carbocycles. The van der Waals surface area contributed by atoms with Gasteiger partial charge in [-0.1, -0.05) is 0 Å². The van der Waals surface area contributed by atoms with Crippen molar-refractivity contribution in [3.05, 3.63) is 40.6 Å². The third-order valence-electron chi connectivity index (χ3n) is 2.38. The SMILES string of the molecule is Cn1cc(-c2nc(N)cnc2C(N)=O)ccc1=O. The summed E-state index contributed by atoms with van der Waals surface area (Å²) in [4.78, 5) is 30.5. The summed E-state index contributed by atoms with van der Waals surface area (Å²) in [6.07, 6.45) is 2.80. The second-order valence-electron chi connectivity index (χ2n) is 3.72. The second-order valence-corrected chi connectivity index (χ2v) is 3.72. The zero-order valence-corrected chi connectivity index (χ0v) is 9.62. The molecule has 2 heterocycles. The van der Waals surface area contributed by atoms with Crippen molar-refractivity contribution in [2.75, 3.05) is 5.73 Å². The number of carbonyl (C=O) groups excluding carboxylic acids is 1. The summed E-state index contributed by atoms with van der Waals surface area (Å²) in [5.74, 6) is -0.532. The average Bonchev–Trinajstić information content (AvgIpc) is 2.32. The highest BCUT2D eigenvalue weighted by Crippen LogP contribution is 2.19. The van der Waals surface area contributed by atoms with Crippen LogP contribution >= 0.6 is 0 Å². The molecule has 1 amide bonds. The fourth-order valence-electron chi connectivity index (χ4n) is 1.52. The average molecular weight is 245 g/mol. The van der Waals surface area contributed by atoms with Gasteiger partial charge in [-0.05, 0) is 6.07 Å². The van der Waals surface area contributed by atoms with Gasteiger partial charge < -0.3 is 16.0 Å². The molecular weight excluding hydrogens is 234 g/mol. The predicted octanol–water partition coefficient (Wildman–Crippen LogP) is -0.477. The highest BCUT2D eigenvalue weighted by molar-refractivity contribution is 5.96. The second kappa shape index (κ2) is 4.28. The first kappa shape index (κ1) is 11.8. The van der Waals surface area contributed by atoms with Crippen LogP contribution in [0.4, 0.5) is 5.82 Å². The number of aryl methyl sites for hydroxylation is 1. The quantitative estimate of drug-likeness (QED) is 0.741. The standard InChI is InChI=1S/C11H11N5O2/c1-16-5-6(2-3-8(16)17)9-10(11(13)18)14-4-7(12)15-9/h2-5H,1H3,(H2,12,15)(H2,13,18). The number of aromatic nitrogens is 3. The van der Waals surface area contributed by atoms with Gasteiger partial charge in [0.1, 0.15) is 11.5 Å². The number of pyridine rings is 1. The molecule has 7 heteroatoms. The number of nitrogen functional groups attached to an aromatic ring is 1. The molecule has 0 atom stereocenters. The number of nitrogens with zero attached hydrogens (tertiary/aromatic N) is 3. The Labute approximate surface area is 102 Å². The van der Waals surface area contributed by atoms with Gasteiger partial charge in [-0.3, -0.25) is 9.59 Å². The van der Waals surface area contributed by atoms with Crippen molar-refractivity contribution >= 4 is 11.7 Å². The van der Waals surface area contributed by atoms with E-state index in [4.69, 9.17) is 11.5 Å². The molecule has 7 nitrogen and oxygen atoms in total. The van der Waals surface area contributed by atoms with Crippen molar-refractivity contribution in [1.29, 1.82) is 0 Å². The number of hydrogen-bond acceptors (Lipinski definition) is 5. The van der Waals surface area contributed by atoms with Gasteiger partial charge in [-0.2, -0.15) is 0 Å². The minimum atomic E-state index is -0.702. The van der Waals surface area contributed by atoms with Crippen molar-refractivity contribution < 1.29 is 4.79 Å². The van der Waals surface area contributed by atoms with Gasteiger partial charge in [0.05, 0.1) is 6.20 Å². The summed E-state index contributed by atoms with van der Waals surface area (Å²) in [5, 5.41) is 0. The van der Waals surface area contributed by atoms with Crippen molar-refractivity contribution in [2.45, 2.75) is 0 Å². The van der Waals surface area contributed by atoms with Crippen molar-refractivity contribution in [3.63, 3.8) is 0 Å². The molecular formula is C11H11N5O2. The molecule has 2 rings (SSSR count). The first-order valence-corrected chi connectivity index (χ1v) is 5.08. The molecule has 0 aliphatic heterocycles. The Hall–Kier alpha value is -2.70. The van der Waals surface area contributed by atoms with Gasteiger partial charge in [0.25, 0.3) is 5.91 Å². The topological polar surface area (TPSA) is 117 Å². The van der Waals surface area contributed by atoms with Gasteiger partial charge in [-0.25, -0.2) is 9.97 Å². The molecule has 18 heavy (non-hydrogen) atoms. The predicted molar refractivity (Wildman–Crippen MR) is 65.6 cm³/mol. The summed E-state index contributed by atoms with van der Waals surface area (Å²) in [6, 6.07) is 2.91. The van der Waals surface area contributed by atoms with Crippen LogP contribution in [0.15, 0.2) is 29.3 Å². The lowest BCUT2D eigenvalue weighted by Gasteiger charge is -2.07. The summed E-state index contributed by atoms with van der Waals surface area (Å²) in [6.45, 7) is 0.